The predicted octanol–water partition coefficient (Wildman–Crippen LogP) is 3.51. The number of ether oxygens (including phenoxy) is 1. The highest BCUT2D eigenvalue weighted by molar-refractivity contribution is 7.99. The third kappa shape index (κ3) is 4.76. The molecule has 176 valence electrons. The first-order valence-corrected chi connectivity index (χ1v) is 12.1. The average molecular weight is 486 g/mol. The van der Waals surface area contributed by atoms with Gasteiger partial charge in [-0.3, -0.25) is 18.6 Å². The van der Waals surface area contributed by atoms with E-state index in [9.17, 15) is 9.59 Å². The Morgan fingerprint density at radius 2 is 1.69 bits per heavy atom. The van der Waals surface area contributed by atoms with Gasteiger partial charge in [0.1, 0.15) is 5.75 Å². The van der Waals surface area contributed by atoms with Crippen molar-refractivity contribution in [3.05, 3.63) is 100 Å². The van der Waals surface area contributed by atoms with Gasteiger partial charge in [0.2, 0.25) is 11.7 Å². The van der Waals surface area contributed by atoms with Crippen LogP contribution in [-0.4, -0.2) is 37.9 Å². The Morgan fingerprint density at radius 3 is 2.46 bits per heavy atom. The summed E-state index contributed by atoms with van der Waals surface area (Å²) in [7, 11) is 1.62. The summed E-state index contributed by atoms with van der Waals surface area (Å²) in [6.45, 7) is 0.794. The molecule has 0 aliphatic rings. The molecule has 9 heteroatoms. The molecule has 0 spiro atoms. The van der Waals surface area contributed by atoms with Crippen LogP contribution in [0.4, 0.5) is 0 Å². The smallest absolute Gasteiger partial charge is 0.263 e. The van der Waals surface area contributed by atoms with Crippen LogP contribution in [0.2, 0.25) is 0 Å². The van der Waals surface area contributed by atoms with Gasteiger partial charge >= 0.3 is 0 Å². The topological polar surface area (TPSA) is 90.5 Å². The Labute approximate surface area is 205 Å². The van der Waals surface area contributed by atoms with E-state index in [-0.39, 0.29) is 17.2 Å². The maximum Gasteiger partial charge on any atom is 0.263 e. The molecule has 0 aliphatic carbocycles. The van der Waals surface area contributed by atoms with Crippen LogP contribution in [0.25, 0.3) is 16.7 Å². The minimum atomic E-state index is -0.127. The van der Waals surface area contributed by atoms with Crippen molar-refractivity contribution in [1.82, 2.24) is 24.5 Å². The van der Waals surface area contributed by atoms with Gasteiger partial charge in [-0.15, -0.1) is 10.2 Å². The number of amides is 1. The van der Waals surface area contributed by atoms with Gasteiger partial charge in [0.05, 0.1) is 30.3 Å². The molecule has 2 heterocycles. The van der Waals surface area contributed by atoms with E-state index in [0.29, 0.717) is 34.9 Å². The molecule has 35 heavy (non-hydrogen) atoms. The number of thioether (sulfide) groups is 1. The highest BCUT2D eigenvalue weighted by atomic mass is 32.2. The van der Waals surface area contributed by atoms with E-state index >= 15 is 0 Å². The van der Waals surface area contributed by atoms with Crippen LogP contribution in [0.15, 0.2) is 88.8 Å². The number of hydrogen-bond donors (Lipinski definition) is 1. The van der Waals surface area contributed by atoms with Crippen LogP contribution in [-0.2, 0) is 17.9 Å². The van der Waals surface area contributed by atoms with E-state index in [1.54, 1.807) is 17.7 Å². The third-order valence-corrected chi connectivity index (χ3v) is 6.57. The van der Waals surface area contributed by atoms with Gasteiger partial charge < -0.3 is 10.1 Å². The highest BCUT2D eigenvalue weighted by Gasteiger charge is 2.17. The summed E-state index contributed by atoms with van der Waals surface area (Å²) in [6.07, 6.45) is 0. The quantitative estimate of drug-likeness (QED) is 0.338. The Kier molecular flexibility index (Phi) is 6.49. The minimum Gasteiger partial charge on any atom is -0.497 e. The lowest BCUT2D eigenvalue weighted by molar-refractivity contribution is -0.118. The molecule has 0 atom stereocenters. The van der Waals surface area contributed by atoms with Crippen molar-refractivity contribution in [2.24, 2.45) is 0 Å². The lowest BCUT2D eigenvalue weighted by atomic mass is 10.2. The van der Waals surface area contributed by atoms with Gasteiger partial charge in [-0.2, -0.15) is 0 Å². The summed E-state index contributed by atoms with van der Waals surface area (Å²) in [6, 6.07) is 24.7. The molecule has 0 bridgehead atoms. The second-order valence-corrected chi connectivity index (χ2v) is 8.87. The second kappa shape index (κ2) is 10.0. The molecule has 0 fully saturated rings. The highest BCUT2D eigenvalue weighted by Crippen LogP contribution is 2.22. The number of rotatable bonds is 8. The van der Waals surface area contributed by atoms with Gasteiger partial charge in [0.25, 0.3) is 5.56 Å². The maximum absolute atomic E-state index is 13.3. The standard InChI is InChI=1S/C26H23N5O3S/c1-34-20-13-11-18(12-14-20)15-27-23(32)17-35-26-29-28-25-30(16-19-7-3-2-4-8-19)24(33)21-9-5-6-10-22(21)31(25)26/h2-14H,15-17H2,1H3,(H,27,32). The van der Waals surface area contributed by atoms with Crippen molar-refractivity contribution in [2.75, 3.05) is 12.9 Å². The number of carbonyl (C=O) groups is 1. The number of carbonyl (C=O) groups excluding carboxylic acids is 1. The zero-order chi connectivity index (χ0) is 24.2. The van der Waals surface area contributed by atoms with E-state index < -0.39 is 0 Å². The molecular weight excluding hydrogens is 462 g/mol. The fourth-order valence-corrected chi connectivity index (χ4v) is 4.63. The number of aromatic nitrogens is 4. The van der Waals surface area contributed by atoms with Crippen LogP contribution < -0.4 is 15.6 Å². The van der Waals surface area contributed by atoms with Crippen LogP contribution in [0.3, 0.4) is 0 Å². The SMILES string of the molecule is COc1ccc(CNC(=O)CSc2nnc3n(Cc4ccccc4)c(=O)c4ccccc4n23)cc1. The first-order chi connectivity index (χ1) is 17.1. The molecule has 5 aromatic rings. The molecule has 1 N–H and O–H groups in total. The zero-order valence-corrected chi connectivity index (χ0v) is 19.9. The normalized spacial score (nSPS) is 11.1. The fraction of sp³-hybridized carbons (Fsp3) is 0.154. The van der Waals surface area contributed by atoms with Crippen molar-refractivity contribution >= 4 is 34.3 Å². The summed E-state index contributed by atoms with van der Waals surface area (Å²) in [4.78, 5) is 25.8. The molecule has 0 unspecified atom stereocenters. The van der Waals surface area contributed by atoms with Gasteiger partial charge in [-0.25, -0.2) is 0 Å². The van der Waals surface area contributed by atoms with E-state index in [1.165, 1.54) is 11.8 Å². The van der Waals surface area contributed by atoms with Gasteiger partial charge in [-0.1, -0.05) is 66.4 Å². The van der Waals surface area contributed by atoms with Crippen molar-refractivity contribution < 1.29 is 9.53 Å². The summed E-state index contributed by atoms with van der Waals surface area (Å²) >= 11 is 1.28. The summed E-state index contributed by atoms with van der Waals surface area (Å²) in [5.41, 5.74) is 2.55. The van der Waals surface area contributed by atoms with Gasteiger partial charge in [0.15, 0.2) is 5.16 Å². The van der Waals surface area contributed by atoms with Gasteiger partial charge in [0, 0.05) is 6.54 Å². The van der Waals surface area contributed by atoms with Crippen molar-refractivity contribution in [3.63, 3.8) is 0 Å². The molecule has 0 radical (unpaired) electrons. The largest absolute Gasteiger partial charge is 0.497 e. The Bertz CT molecular complexity index is 1550. The second-order valence-electron chi connectivity index (χ2n) is 7.93. The minimum absolute atomic E-state index is 0.121. The van der Waals surface area contributed by atoms with Crippen molar-refractivity contribution in [3.8, 4) is 5.75 Å². The molecule has 1 amide bonds. The number of nitrogens with one attached hydrogen (secondary N) is 1. The Balaban J connectivity index is 1.39. The number of para-hydroxylation sites is 1. The molecule has 3 aromatic carbocycles. The van der Waals surface area contributed by atoms with E-state index in [2.05, 4.69) is 15.5 Å². The maximum atomic E-state index is 13.3. The first-order valence-electron chi connectivity index (χ1n) is 11.1. The number of hydrogen-bond acceptors (Lipinski definition) is 6. The molecule has 2 aromatic heterocycles. The zero-order valence-electron chi connectivity index (χ0n) is 19.0. The molecule has 8 nitrogen and oxygen atoms in total. The van der Waals surface area contributed by atoms with Crippen molar-refractivity contribution in [2.45, 2.75) is 18.2 Å². The number of methoxy groups -OCH3 is 1. The van der Waals surface area contributed by atoms with Crippen molar-refractivity contribution in [1.29, 1.82) is 0 Å². The monoisotopic (exact) mass is 485 g/mol. The van der Waals surface area contributed by atoms with E-state index in [0.717, 1.165) is 16.9 Å². The van der Waals surface area contributed by atoms with E-state index in [1.807, 2.05) is 77.2 Å². The number of nitrogens with zero attached hydrogens (tertiary/aromatic N) is 4. The van der Waals surface area contributed by atoms with Crippen LogP contribution in [0.1, 0.15) is 11.1 Å². The summed E-state index contributed by atoms with van der Waals surface area (Å²) < 4.78 is 8.63. The fourth-order valence-electron chi connectivity index (χ4n) is 3.86. The van der Waals surface area contributed by atoms with Crippen LogP contribution in [0, 0.1) is 0 Å². The third-order valence-electron chi connectivity index (χ3n) is 5.64. The molecular formula is C26H23N5O3S. The molecule has 0 saturated carbocycles. The summed E-state index contributed by atoms with van der Waals surface area (Å²) in [5, 5.41) is 12.7. The lowest BCUT2D eigenvalue weighted by Gasteiger charge is -2.11. The summed E-state index contributed by atoms with van der Waals surface area (Å²) in [5.74, 6) is 1.26. The lowest BCUT2D eigenvalue weighted by Crippen LogP contribution is -2.25. The van der Waals surface area contributed by atoms with Gasteiger partial charge in [-0.05, 0) is 35.4 Å². The number of benzene rings is 3. The Morgan fingerprint density at radius 1 is 0.943 bits per heavy atom. The predicted molar refractivity (Wildman–Crippen MR) is 136 cm³/mol. The molecule has 0 aliphatic heterocycles. The van der Waals surface area contributed by atoms with E-state index in [4.69, 9.17) is 4.74 Å². The van der Waals surface area contributed by atoms with Crippen LogP contribution >= 0.6 is 11.8 Å². The molecule has 5 rings (SSSR count). The first kappa shape index (κ1) is 22.7. The molecule has 0 saturated heterocycles. The van der Waals surface area contributed by atoms with Crippen LogP contribution in [0.5, 0.6) is 5.75 Å². The Hall–Kier alpha value is -4.11. The number of fused-ring (bicyclic) bond motifs is 3. The average Bonchev–Trinajstić information content (AvgIpc) is 3.33.